The third kappa shape index (κ3) is 6.83. The summed E-state index contributed by atoms with van der Waals surface area (Å²) in [4.78, 5) is 29.9. The van der Waals surface area contributed by atoms with Gasteiger partial charge in [0.05, 0.1) is 15.8 Å². The number of halogens is 4. The van der Waals surface area contributed by atoms with Crippen molar-refractivity contribution in [3.8, 4) is 21.8 Å². The monoisotopic (exact) mass is 647 g/mol. The summed E-state index contributed by atoms with van der Waals surface area (Å²) in [6.45, 7) is 9.66. The van der Waals surface area contributed by atoms with Crippen LogP contribution in [-0.2, 0) is 9.53 Å². The lowest BCUT2D eigenvalue weighted by Gasteiger charge is -2.38. The van der Waals surface area contributed by atoms with Gasteiger partial charge >= 0.3 is 12.1 Å². The quantitative estimate of drug-likeness (QED) is 0.222. The van der Waals surface area contributed by atoms with Crippen LogP contribution in [0.25, 0.3) is 32.0 Å². The van der Waals surface area contributed by atoms with Crippen LogP contribution in [0.4, 0.5) is 19.1 Å². The number of nitrogens with zero attached hydrogens (tertiary/aromatic N) is 5. The van der Waals surface area contributed by atoms with E-state index in [0.717, 1.165) is 10.3 Å². The highest BCUT2D eigenvalue weighted by atomic mass is 35.5. The molecule has 1 aliphatic rings. The number of aromatic nitrogens is 3. The molecule has 1 saturated heterocycles. The van der Waals surface area contributed by atoms with Crippen LogP contribution < -0.4 is 4.90 Å². The highest BCUT2D eigenvalue weighted by Gasteiger charge is 2.41. The van der Waals surface area contributed by atoms with E-state index in [2.05, 4.69) is 4.98 Å². The fraction of sp³-hybridized carbons (Fsp3) is 0.419. The highest BCUT2D eigenvalue weighted by Crippen LogP contribution is 2.44. The van der Waals surface area contributed by atoms with Crippen LogP contribution in [0.1, 0.15) is 44.9 Å². The van der Waals surface area contributed by atoms with Crippen molar-refractivity contribution in [1.82, 2.24) is 19.9 Å². The summed E-state index contributed by atoms with van der Waals surface area (Å²) in [5.74, 6) is -0.687. The molecule has 8 nitrogen and oxygen atoms in total. The van der Waals surface area contributed by atoms with Crippen LogP contribution in [0.3, 0.4) is 0 Å². The number of carboxylic acids is 1. The van der Waals surface area contributed by atoms with E-state index in [-0.39, 0.29) is 13.1 Å². The number of alkyl halides is 3. The summed E-state index contributed by atoms with van der Waals surface area (Å²) < 4.78 is 46.5. The number of benzene rings is 2. The molecule has 2 aromatic heterocycles. The fourth-order valence-electron chi connectivity index (χ4n) is 5.28. The molecule has 0 bridgehead atoms. The molecule has 3 heterocycles. The third-order valence-corrected chi connectivity index (χ3v) is 8.86. The molecule has 1 N–H and O–H groups in total. The Morgan fingerprint density at radius 3 is 2.32 bits per heavy atom. The van der Waals surface area contributed by atoms with Crippen LogP contribution in [0, 0.1) is 6.92 Å². The Morgan fingerprint density at radius 2 is 1.73 bits per heavy atom. The predicted octanol–water partition coefficient (Wildman–Crippen LogP) is 7.40. The summed E-state index contributed by atoms with van der Waals surface area (Å²) in [5.41, 5.74) is 3.22. The van der Waals surface area contributed by atoms with Gasteiger partial charge in [0.25, 0.3) is 0 Å². The summed E-state index contributed by atoms with van der Waals surface area (Å²) in [6, 6.07) is 9.27. The molecule has 0 radical (unpaired) electrons. The molecule has 4 aromatic rings. The van der Waals surface area contributed by atoms with Crippen LogP contribution in [0.2, 0.25) is 5.02 Å². The van der Waals surface area contributed by atoms with Gasteiger partial charge in [-0.2, -0.15) is 13.2 Å². The minimum atomic E-state index is -4.28. The molecule has 44 heavy (non-hydrogen) atoms. The average Bonchev–Trinajstić information content (AvgIpc) is 3.38. The molecule has 0 amide bonds. The van der Waals surface area contributed by atoms with Crippen molar-refractivity contribution in [2.24, 2.45) is 0 Å². The number of aliphatic carboxylic acids is 1. The highest BCUT2D eigenvalue weighted by molar-refractivity contribution is 7.22. The van der Waals surface area contributed by atoms with E-state index in [9.17, 15) is 23.1 Å². The SMILES string of the molecule is Cc1cc2nc(-c3ccnc(N4CCN([C@@H](C)C(F)(F)F)CC4)n3)sc2c(-c2ccc(Cl)cc2)c1[C@H](OC(C)(C)C)C(=O)O. The molecule has 2 aromatic carbocycles. The standard InChI is InChI=1S/C31H33ClF3N5O3S/c1-17-16-22-26(24(19-6-8-20(32)9-7-19)23(17)25(28(41)42)43-30(3,4)5)44-27(37-22)21-10-11-36-29(38-21)40-14-12-39(13-15-40)18(2)31(33,34)35/h6-11,16,18,25H,12-15H2,1-5H3,(H,41,42)/t18-,25-/m0/s1. The van der Waals surface area contributed by atoms with E-state index in [4.69, 9.17) is 26.3 Å². The number of hydrogen-bond donors (Lipinski definition) is 1. The first kappa shape index (κ1) is 32.1. The van der Waals surface area contributed by atoms with Crippen LogP contribution >= 0.6 is 22.9 Å². The largest absolute Gasteiger partial charge is 0.479 e. The molecular formula is C31H33ClF3N5O3S. The Morgan fingerprint density at radius 1 is 1.07 bits per heavy atom. The van der Waals surface area contributed by atoms with Gasteiger partial charge in [0.15, 0.2) is 6.10 Å². The van der Waals surface area contributed by atoms with E-state index in [1.54, 1.807) is 24.4 Å². The molecular weight excluding hydrogens is 615 g/mol. The minimum Gasteiger partial charge on any atom is -0.479 e. The van der Waals surface area contributed by atoms with Gasteiger partial charge in [-0.05, 0) is 70.0 Å². The number of ether oxygens (including phenoxy) is 1. The Balaban J connectivity index is 1.56. The normalized spacial score (nSPS) is 16.3. The maximum Gasteiger partial charge on any atom is 0.403 e. The zero-order valence-corrected chi connectivity index (χ0v) is 26.5. The van der Waals surface area contributed by atoms with Gasteiger partial charge in [0.2, 0.25) is 5.95 Å². The average molecular weight is 648 g/mol. The maximum absolute atomic E-state index is 13.2. The molecule has 13 heteroatoms. The van der Waals surface area contributed by atoms with Crippen molar-refractivity contribution in [3.63, 3.8) is 0 Å². The van der Waals surface area contributed by atoms with Crippen molar-refractivity contribution in [2.75, 3.05) is 31.1 Å². The molecule has 0 saturated carbocycles. The minimum absolute atomic E-state index is 0.239. The van der Waals surface area contributed by atoms with Crippen LogP contribution in [0.15, 0.2) is 42.6 Å². The Labute approximate surface area is 262 Å². The van der Waals surface area contributed by atoms with Crippen molar-refractivity contribution >= 4 is 45.1 Å². The maximum atomic E-state index is 13.2. The number of hydrogen-bond acceptors (Lipinski definition) is 8. The van der Waals surface area contributed by atoms with Gasteiger partial charge in [-0.3, -0.25) is 4.90 Å². The first-order valence-electron chi connectivity index (χ1n) is 14.1. The number of rotatable bonds is 7. The lowest BCUT2D eigenvalue weighted by Crippen LogP contribution is -2.54. The number of fused-ring (bicyclic) bond motifs is 1. The zero-order chi connectivity index (χ0) is 32.0. The molecule has 234 valence electrons. The van der Waals surface area contributed by atoms with E-state index in [1.165, 1.54) is 23.2 Å². The second kappa shape index (κ2) is 12.2. The predicted molar refractivity (Wildman–Crippen MR) is 166 cm³/mol. The zero-order valence-electron chi connectivity index (χ0n) is 24.9. The number of carbonyl (C=O) groups is 1. The van der Waals surface area contributed by atoms with Crippen LogP contribution in [0.5, 0.6) is 0 Å². The van der Waals surface area contributed by atoms with E-state index in [0.29, 0.717) is 57.0 Å². The molecule has 0 unspecified atom stereocenters. The molecule has 2 atom stereocenters. The van der Waals surface area contributed by atoms with Gasteiger partial charge < -0.3 is 14.7 Å². The van der Waals surface area contributed by atoms with Gasteiger partial charge in [-0.25, -0.2) is 19.7 Å². The van der Waals surface area contributed by atoms with Crippen molar-refractivity contribution < 1.29 is 27.8 Å². The van der Waals surface area contributed by atoms with Gasteiger partial charge in [0.1, 0.15) is 16.7 Å². The third-order valence-electron chi connectivity index (χ3n) is 7.50. The number of thiazole rings is 1. The summed E-state index contributed by atoms with van der Waals surface area (Å²) in [5, 5.41) is 11.4. The van der Waals surface area contributed by atoms with Gasteiger partial charge in [0, 0.05) is 48.5 Å². The Hall–Kier alpha value is -3.32. The molecule has 1 fully saturated rings. The lowest BCUT2D eigenvalue weighted by molar-refractivity contribution is -0.179. The number of carboxylic acid groups (broad SMARTS) is 1. The van der Waals surface area contributed by atoms with E-state index >= 15 is 0 Å². The first-order chi connectivity index (χ1) is 20.6. The lowest BCUT2D eigenvalue weighted by atomic mass is 9.91. The summed E-state index contributed by atoms with van der Waals surface area (Å²) in [7, 11) is 0. The Bertz CT molecular complexity index is 1670. The number of anilines is 1. The van der Waals surface area contributed by atoms with Crippen molar-refractivity contribution in [1.29, 1.82) is 0 Å². The Kier molecular flexibility index (Phi) is 8.92. The van der Waals surface area contributed by atoms with Crippen LogP contribution in [-0.4, -0.2) is 74.9 Å². The van der Waals surface area contributed by atoms with Gasteiger partial charge in [-0.15, -0.1) is 11.3 Å². The molecule has 0 spiro atoms. The molecule has 5 rings (SSSR count). The smallest absolute Gasteiger partial charge is 0.403 e. The second-order valence-electron chi connectivity index (χ2n) is 11.8. The van der Waals surface area contributed by atoms with Gasteiger partial charge in [-0.1, -0.05) is 23.7 Å². The van der Waals surface area contributed by atoms with E-state index in [1.807, 2.05) is 50.8 Å². The number of piperazine rings is 1. The van der Waals surface area contributed by atoms with Crippen molar-refractivity contribution in [3.05, 3.63) is 58.7 Å². The molecule has 1 aliphatic heterocycles. The topological polar surface area (TPSA) is 91.7 Å². The number of aryl methyl sites for hydroxylation is 1. The summed E-state index contributed by atoms with van der Waals surface area (Å²) >= 11 is 7.57. The second-order valence-corrected chi connectivity index (χ2v) is 13.2. The first-order valence-corrected chi connectivity index (χ1v) is 15.3. The molecule has 0 aliphatic carbocycles. The van der Waals surface area contributed by atoms with E-state index < -0.39 is 29.9 Å². The summed E-state index contributed by atoms with van der Waals surface area (Å²) in [6.07, 6.45) is -3.90. The fourth-order valence-corrected chi connectivity index (χ4v) is 6.50. The van der Waals surface area contributed by atoms with Crippen molar-refractivity contribution in [2.45, 2.75) is 58.5 Å².